The van der Waals surface area contributed by atoms with E-state index in [4.69, 9.17) is 0 Å². The summed E-state index contributed by atoms with van der Waals surface area (Å²) in [5.74, 6) is -0.853. The number of halogens is 1. The number of carbonyl (C=O) groups is 2. The van der Waals surface area contributed by atoms with Gasteiger partial charge < -0.3 is 20.1 Å². The van der Waals surface area contributed by atoms with Gasteiger partial charge in [0, 0.05) is 29.9 Å². The summed E-state index contributed by atoms with van der Waals surface area (Å²) in [7, 11) is 0. The number of rotatable bonds is 12. The average molecular weight is 557 g/mol. The lowest BCUT2D eigenvalue weighted by molar-refractivity contribution is -0.119. The normalized spacial score (nSPS) is 12.8. The molecule has 1 heterocycles. The molecule has 0 fully saturated rings. The van der Waals surface area contributed by atoms with Crippen LogP contribution in [0.15, 0.2) is 84.9 Å². The summed E-state index contributed by atoms with van der Waals surface area (Å²) in [6.45, 7) is 5.78. The van der Waals surface area contributed by atoms with Crippen LogP contribution in [-0.4, -0.2) is 38.7 Å². The average Bonchev–Trinajstić information content (AvgIpc) is 3.28. The molecule has 2 atom stereocenters. The van der Waals surface area contributed by atoms with E-state index in [2.05, 4.69) is 5.32 Å². The quantitative estimate of drug-likeness (QED) is 0.179. The first-order chi connectivity index (χ1) is 19.7. The molecule has 7 heteroatoms. The summed E-state index contributed by atoms with van der Waals surface area (Å²) in [5, 5.41) is 24.1. The van der Waals surface area contributed by atoms with E-state index in [0.29, 0.717) is 17.8 Å². The molecule has 4 rings (SSSR count). The molecule has 6 nitrogen and oxygen atoms in total. The Kier molecular flexibility index (Phi) is 9.86. The highest BCUT2D eigenvalue weighted by Gasteiger charge is 2.30. The number of hydrogen-bond donors (Lipinski definition) is 3. The predicted octanol–water partition coefficient (Wildman–Crippen LogP) is 6.82. The van der Waals surface area contributed by atoms with Crippen molar-refractivity contribution in [2.75, 3.05) is 5.32 Å². The number of anilines is 1. The lowest BCUT2D eigenvalue weighted by Gasteiger charge is -2.20. The van der Waals surface area contributed by atoms with Gasteiger partial charge in [0.1, 0.15) is 11.6 Å². The Hall–Kier alpha value is -4.07. The molecular weight excluding hydrogens is 519 g/mol. The minimum atomic E-state index is -0.930. The monoisotopic (exact) mass is 556 g/mol. The van der Waals surface area contributed by atoms with Crippen molar-refractivity contribution in [3.63, 3.8) is 0 Å². The molecule has 1 aromatic heterocycles. The highest BCUT2D eigenvalue weighted by molar-refractivity contribution is 6.12. The fourth-order valence-corrected chi connectivity index (χ4v) is 5.33. The molecule has 41 heavy (non-hydrogen) atoms. The van der Waals surface area contributed by atoms with Crippen LogP contribution in [0.1, 0.15) is 62.0 Å². The van der Waals surface area contributed by atoms with Crippen LogP contribution in [0.2, 0.25) is 0 Å². The maximum Gasteiger partial charge on any atom is 0.258 e. The first kappa shape index (κ1) is 29.9. The van der Waals surface area contributed by atoms with Crippen LogP contribution in [-0.2, 0) is 11.3 Å². The van der Waals surface area contributed by atoms with Gasteiger partial charge in [-0.3, -0.25) is 9.59 Å². The standard InChI is InChI=1S/C34H37FN2O4/c1-22(2)32-31(34(41)36-27-12-8-5-9-13-27)30(24-10-6-4-7-11-24)33(25-14-16-26(35)17-15-25)37(32)19-18-28(39)21-29(40)20-23(3)38/h4-17,22,28-29,39-40H,18-21H2,1-3H3,(H,36,41)/t28-,29+/m1/s1. The fourth-order valence-electron chi connectivity index (χ4n) is 5.33. The van der Waals surface area contributed by atoms with E-state index in [-0.39, 0.29) is 42.7 Å². The summed E-state index contributed by atoms with van der Waals surface area (Å²) in [5.41, 5.74) is 5.00. The Bertz CT molecular complexity index is 1460. The van der Waals surface area contributed by atoms with E-state index in [0.717, 1.165) is 28.1 Å². The fraction of sp³-hybridized carbons (Fsp3) is 0.294. The van der Waals surface area contributed by atoms with E-state index in [9.17, 15) is 24.2 Å². The number of carbonyl (C=O) groups excluding carboxylic acids is 2. The summed E-state index contributed by atoms with van der Waals surface area (Å²) in [4.78, 5) is 25.5. The molecule has 0 bridgehead atoms. The second kappa shape index (κ2) is 13.5. The second-order valence-electron chi connectivity index (χ2n) is 10.7. The Morgan fingerprint density at radius 3 is 2.05 bits per heavy atom. The number of benzene rings is 3. The molecule has 1 amide bonds. The summed E-state index contributed by atoms with van der Waals surface area (Å²) in [6.07, 6.45) is -1.46. The molecule has 0 spiro atoms. The minimum Gasteiger partial charge on any atom is -0.393 e. The number of aromatic nitrogens is 1. The number of para-hydroxylation sites is 1. The molecule has 3 N–H and O–H groups in total. The van der Waals surface area contributed by atoms with Gasteiger partial charge in [-0.05, 0) is 73.2 Å². The van der Waals surface area contributed by atoms with Gasteiger partial charge in [-0.1, -0.05) is 62.4 Å². The largest absolute Gasteiger partial charge is 0.393 e. The smallest absolute Gasteiger partial charge is 0.258 e. The molecule has 0 aliphatic rings. The predicted molar refractivity (Wildman–Crippen MR) is 160 cm³/mol. The Labute approximate surface area is 240 Å². The molecule has 0 saturated carbocycles. The van der Waals surface area contributed by atoms with Crippen molar-refractivity contribution in [1.29, 1.82) is 0 Å². The van der Waals surface area contributed by atoms with Crippen molar-refractivity contribution in [2.45, 2.75) is 64.7 Å². The van der Waals surface area contributed by atoms with Crippen LogP contribution in [0.3, 0.4) is 0 Å². The van der Waals surface area contributed by atoms with Crippen LogP contribution in [0.4, 0.5) is 10.1 Å². The summed E-state index contributed by atoms with van der Waals surface area (Å²) >= 11 is 0. The zero-order valence-electron chi connectivity index (χ0n) is 23.7. The van der Waals surface area contributed by atoms with E-state index in [1.165, 1.54) is 19.1 Å². The second-order valence-corrected chi connectivity index (χ2v) is 10.7. The van der Waals surface area contributed by atoms with Gasteiger partial charge >= 0.3 is 0 Å². The Balaban J connectivity index is 1.89. The maximum atomic E-state index is 14.1. The van der Waals surface area contributed by atoms with Crippen LogP contribution < -0.4 is 5.32 Å². The zero-order chi connectivity index (χ0) is 29.5. The van der Waals surface area contributed by atoms with Crippen LogP contribution in [0.5, 0.6) is 0 Å². The number of hydrogen-bond acceptors (Lipinski definition) is 4. The highest BCUT2D eigenvalue weighted by Crippen LogP contribution is 2.42. The van der Waals surface area contributed by atoms with Crippen LogP contribution >= 0.6 is 0 Å². The molecule has 214 valence electrons. The number of Topliss-reactive ketones (excluding diaryl/α,β-unsaturated/α-hetero) is 1. The third kappa shape index (κ3) is 7.37. The van der Waals surface area contributed by atoms with Crippen molar-refractivity contribution in [3.05, 3.63) is 102 Å². The maximum absolute atomic E-state index is 14.1. The lowest BCUT2D eigenvalue weighted by atomic mass is 9.94. The highest BCUT2D eigenvalue weighted by atomic mass is 19.1. The summed E-state index contributed by atoms with van der Waals surface area (Å²) < 4.78 is 16.1. The topological polar surface area (TPSA) is 91.6 Å². The number of nitrogens with zero attached hydrogens (tertiary/aromatic N) is 1. The minimum absolute atomic E-state index is 0.0133. The SMILES string of the molecule is CC(=O)C[C@H](O)C[C@H](O)CCn1c(-c2ccc(F)cc2)c(-c2ccccc2)c(C(=O)Nc2ccccc2)c1C(C)C. The van der Waals surface area contributed by atoms with Gasteiger partial charge in [0.2, 0.25) is 0 Å². The number of ketones is 1. The first-order valence-electron chi connectivity index (χ1n) is 13.9. The molecule has 0 aliphatic heterocycles. The van der Waals surface area contributed by atoms with Gasteiger partial charge in [0.05, 0.1) is 23.5 Å². The van der Waals surface area contributed by atoms with E-state index in [1.807, 2.05) is 79.1 Å². The van der Waals surface area contributed by atoms with E-state index >= 15 is 0 Å². The first-order valence-corrected chi connectivity index (χ1v) is 13.9. The molecule has 0 unspecified atom stereocenters. The summed E-state index contributed by atoms with van der Waals surface area (Å²) in [6, 6.07) is 25.1. The van der Waals surface area contributed by atoms with Crippen molar-refractivity contribution in [3.8, 4) is 22.4 Å². The number of aliphatic hydroxyl groups is 2. The molecular formula is C34H37FN2O4. The molecule has 0 aliphatic carbocycles. The number of aliphatic hydroxyl groups excluding tert-OH is 2. The molecule has 0 saturated heterocycles. The van der Waals surface area contributed by atoms with Gasteiger partial charge in [-0.25, -0.2) is 4.39 Å². The van der Waals surface area contributed by atoms with E-state index in [1.54, 1.807) is 12.1 Å². The lowest BCUT2D eigenvalue weighted by Crippen LogP contribution is -2.22. The van der Waals surface area contributed by atoms with Gasteiger partial charge in [0.25, 0.3) is 5.91 Å². The van der Waals surface area contributed by atoms with Crippen LogP contribution in [0.25, 0.3) is 22.4 Å². The van der Waals surface area contributed by atoms with Gasteiger partial charge in [0.15, 0.2) is 0 Å². The molecule has 0 radical (unpaired) electrons. The molecule has 3 aromatic carbocycles. The Morgan fingerprint density at radius 2 is 1.46 bits per heavy atom. The van der Waals surface area contributed by atoms with Gasteiger partial charge in [-0.2, -0.15) is 0 Å². The molecule has 4 aromatic rings. The number of nitrogens with one attached hydrogen (secondary N) is 1. The van der Waals surface area contributed by atoms with Crippen LogP contribution in [0, 0.1) is 5.82 Å². The Morgan fingerprint density at radius 1 is 0.854 bits per heavy atom. The third-order valence-electron chi connectivity index (χ3n) is 7.04. The number of amides is 1. The van der Waals surface area contributed by atoms with Crippen molar-refractivity contribution < 1.29 is 24.2 Å². The van der Waals surface area contributed by atoms with E-state index < -0.39 is 12.2 Å². The third-order valence-corrected chi connectivity index (χ3v) is 7.04. The van der Waals surface area contributed by atoms with Gasteiger partial charge in [-0.15, -0.1) is 0 Å². The van der Waals surface area contributed by atoms with Crippen molar-refractivity contribution in [1.82, 2.24) is 4.57 Å². The van der Waals surface area contributed by atoms with Crippen molar-refractivity contribution >= 4 is 17.4 Å². The van der Waals surface area contributed by atoms with Crippen molar-refractivity contribution in [2.24, 2.45) is 0 Å². The zero-order valence-corrected chi connectivity index (χ0v) is 23.7.